The van der Waals surface area contributed by atoms with Gasteiger partial charge in [0.25, 0.3) is 0 Å². The molecule has 22 heavy (non-hydrogen) atoms. The largest absolute Gasteiger partial charge is 0.354 e. The molecule has 0 spiro atoms. The van der Waals surface area contributed by atoms with Gasteiger partial charge in [0.15, 0.2) is 5.69 Å². The van der Waals surface area contributed by atoms with Gasteiger partial charge in [0.2, 0.25) is 12.3 Å². The summed E-state index contributed by atoms with van der Waals surface area (Å²) >= 11 is 0. The molecule has 0 bridgehead atoms. The van der Waals surface area contributed by atoms with E-state index in [1.54, 1.807) is 0 Å². The number of aryl methyl sites for hydroxylation is 1. The third-order valence-electron chi connectivity index (χ3n) is 3.68. The molecule has 0 N–H and O–H groups in total. The fourth-order valence-electron chi connectivity index (χ4n) is 2.55. The van der Waals surface area contributed by atoms with E-state index in [2.05, 4.69) is 12.1 Å². The fraction of sp³-hybridized carbons (Fsp3) is 0.786. The first kappa shape index (κ1) is 18.1. The summed E-state index contributed by atoms with van der Waals surface area (Å²) in [7, 11) is 0. The SMILES string of the molecule is CCCCCCCC(Cc1onc(C)c1[N+](=O)[O-])C[N+](=O)[O-]. The second kappa shape index (κ2) is 9.11. The molecule has 0 saturated heterocycles. The average molecular weight is 313 g/mol. The van der Waals surface area contributed by atoms with Crippen LogP contribution in [0.5, 0.6) is 0 Å². The maximum absolute atomic E-state index is 11.0. The molecule has 0 aliphatic rings. The lowest BCUT2D eigenvalue weighted by molar-refractivity contribution is -0.488. The van der Waals surface area contributed by atoms with Gasteiger partial charge in [0.05, 0.1) is 4.92 Å². The molecule has 8 nitrogen and oxygen atoms in total. The Kier molecular flexibility index (Phi) is 7.48. The predicted octanol–water partition coefficient (Wildman–Crippen LogP) is 3.69. The first-order valence-electron chi connectivity index (χ1n) is 7.67. The molecule has 0 aliphatic heterocycles. The maximum atomic E-state index is 11.0. The van der Waals surface area contributed by atoms with Crippen LogP contribution in [0, 0.1) is 33.1 Å². The summed E-state index contributed by atoms with van der Waals surface area (Å²) in [5, 5.41) is 25.4. The summed E-state index contributed by atoms with van der Waals surface area (Å²) in [5.41, 5.74) is 0.0575. The second-order valence-corrected chi connectivity index (χ2v) is 5.59. The molecular formula is C14H23N3O5. The summed E-state index contributed by atoms with van der Waals surface area (Å²) < 4.78 is 5.00. The highest BCUT2D eigenvalue weighted by molar-refractivity contribution is 5.37. The lowest BCUT2D eigenvalue weighted by Crippen LogP contribution is -2.17. The van der Waals surface area contributed by atoms with Crippen molar-refractivity contribution in [3.05, 3.63) is 31.7 Å². The van der Waals surface area contributed by atoms with Gasteiger partial charge in [-0.05, 0) is 13.3 Å². The zero-order valence-corrected chi connectivity index (χ0v) is 13.1. The highest BCUT2D eigenvalue weighted by atomic mass is 16.6. The number of nitrogens with zero attached hydrogens (tertiary/aromatic N) is 3. The smallest absolute Gasteiger partial charge is 0.334 e. The van der Waals surface area contributed by atoms with Gasteiger partial charge in [-0.25, -0.2) is 0 Å². The molecule has 0 fully saturated rings. The quantitative estimate of drug-likeness (QED) is 0.350. The van der Waals surface area contributed by atoms with Crippen LogP contribution in [0.2, 0.25) is 0 Å². The molecule has 0 radical (unpaired) electrons. The van der Waals surface area contributed by atoms with Crippen LogP contribution in [-0.4, -0.2) is 21.5 Å². The normalized spacial score (nSPS) is 12.3. The van der Waals surface area contributed by atoms with Gasteiger partial charge in [0.1, 0.15) is 0 Å². The molecule has 0 aromatic carbocycles. The molecule has 8 heteroatoms. The molecule has 0 amide bonds. The predicted molar refractivity (Wildman–Crippen MR) is 80.3 cm³/mol. The number of unbranched alkanes of at least 4 members (excludes halogenated alkanes) is 4. The molecule has 1 aromatic heterocycles. The van der Waals surface area contributed by atoms with Crippen LogP contribution in [0.1, 0.15) is 56.9 Å². The molecule has 1 heterocycles. The number of hydrogen-bond acceptors (Lipinski definition) is 6. The average Bonchev–Trinajstić information content (AvgIpc) is 2.78. The van der Waals surface area contributed by atoms with E-state index in [1.807, 2.05) is 0 Å². The van der Waals surface area contributed by atoms with Crippen LogP contribution in [0.4, 0.5) is 5.69 Å². The molecule has 1 aromatic rings. The van der Waals surface area contributed by atoms with Crippen molar-refractivity contribution < 1.29 is 14.4 Å². The van der Waals surface area contributed by atoms with Gasteiger partial charge in [-0.1, -0.05) is 44.2 Å². The first-order chi connectivity index (χ1) is 10.5. The summed E-state index contributed by atoms with van der Waals surface area (Å²) in [6.45, 7) is 3.42. The van der Waals surface area contributed by atoms with Gasteiger partial charge in [-0.3, -0.25) is 20.2 Å². The Labute approximate surface area is 129 Å². The van der Waals surface area contributed by atoms with E-state index in [9.17, 15) is 20.2 Å². The number of rotatable bonds is 11. The minimum Gasteiger partial charge on any atom is -0.354 e. The lowest BCUT2D eigenvalue weighted by atomic mass is 9.95. The van der Waals surface area contributed by atoms with E-state index < -0.39 is 4.92 Å². The van der Waals surface area contributed by atoms with Gasteiger partial charge in [-0.15, -0.1) is 0 Å². The van der Waals surface area contributed by atoms with E-state index in [4.69, 9.17) is 4.52 Å². The van der Waals surface area contributed by atoms with Gasteiger partial charge >= 0.3 is 5.69 Å². The minimum atomic E-state index is -0.536. The number of aromatic nitrogens is 1. The Hall–Kier alpha value is -1.99. The van der Waals surface area contributed by atoms with Crippen LogP contribution in [0.25, 0.3) is 0 Å². The summed E-state index contributed by atoms with van der Waals surface area (Å²) in [6.07, 6.45) is 6.18. The van der Waals surface area contributed by atoms with Crippen molar-refractivity contribution in [2.75, 3.05) is 6.54 Å². The van der Waals surface area contributed by atoms with E-state index >= 15 is 0 Å². The topological polar surface area (TPSA) is 112 Å². The van der Waals surface area contributed by atoms with E-state index in [0.717, 1.165) is 32.1 Å². The van der Waals surface area contributed by atoms with E-state index in [1.165, 1.54) is 6.92 Å². The van der Waals surface area contributed by atoms with Crippen LogP contribution < -0.4 is 0 Å². The van der Waals surface area contributed by atoms with Crippen LogP contribution >= 0.6 is 0 Å². The van der Waals surface area contributed by atoms with Crippen molar-refractivity contribution in [1.82, 2.24) is 5.16 Å². The third-order valence-corrected chi connectivity index (χ3v) is 3.68. The van der Waals surface area contributed by atoms with Gasteiger partial charge in [0, 0.05) is 17.3 Å². The maximum Gasteiger partial charge on any atom is 0.334 e. The molecular weight excluding hydrogens is 290 g/mol. The Morgan fingerprint density at radius 2 is 1.86 bits per heavy atom. The fourth-order valence-corrected chi connectivity index (χ4v) is 2.55. The van der Waals surface area contributed by atoms with Crippen molar-refractivity contribution in [2.24, 2.45) is 5.92 Å². The van der Waals surface area contributed by atoms with Gasteiger partial charge < -0.3 is 4.52 Å². The van der Waals surface area contributed by atoms with Crippen molar-refractivity contribution in [1.29, 1.82) is 0 Å². The summed E-state index contributed by atoms with van der Waals surface area (Å²) in [5.74, 6) is -0.120. The number of nitro groups is 2. The zero-order valence-electron chi connectivity index (χ0n) is 13.1. The Morgan fingerprint density at radius 1 is 1.18 bits per heavy atom. The summed E-state index contributed by atoms with van der Waals surface area (Å²) in [6, 6.07) is 0. The van der Waals surface area contributed by atoms with Crippen molar-refractivity contribution in [3.63, 3.8) is 0 Å². The minimum absolute atomic E-state index is 0.142. The zero-order chi connectivity index (χ0) is 16.5. The molecule has 1 rings (SSSR count). The van der Waals surface area contributed by atoms with Crippen molar-refractivity contribution in [2.45, 2.75) is 58.8 Å². The van der Waals surface area contributed by atoms with Crippen molar-refractivity contribution in [3.8, 4) is 0 Å². The molecule has 0 saturated carbocycles. The van der Waals surface area contributed by atoms with Crippen LogP contribution in [0.3, 0.4) is 0 Å². The van der Waals surface area contributed by atoms with Crippen LogP contribution in [0.15, 0.2) is 4.52 Å². The second-order valence-electron chi connectivity index (χ2n) is 5.59. The van der Waals surface area contributed by atoms with Crippen LogP contribution in [-0.2, 0) is 6.42 Å². The Morgan fingerprint density at radius 3 is 2.45 bits per heavy atom. The van der Waals surface area contributed by atoms with E-state index in [-0.39, 0.29) is 40.9 Å². The van der Waals surface area contributed by atoms with E-state index in [0.29, 0.717) is 6.42 Å². The molecule has 1 unspecified atom stereocenters. The van der Waals surface area contributed by atoms with Gasteiger partial charge in [-0.2, -0.15) is 0 Å². The lowest BCUT2D eigenvalue weighted by Gasteiger charge is -2.10. The molecule has 0 aliphatic carbocycles. The highest BCUT2D eigenvalue weighted by Crippen LogP contribution is 2.27. The third kappa shape index (κ3) is 5.79. The molecule has 124 valence electrons. The van der Waals surface area contributed by atoms with Crippen molar-refractivity contribution >= 4 is 5.69 Å². The summed E-state index contributed by atoms with van der Waals surface area (Å²) in [4.78, 5) is 20.9. The standard InChI is InChI=1S/C14H23N3O5/c1-3-4-5-6-7-8-12(10-16(18)19)9-13-14(17(20)21)11(2)15-22-13/h12H,3-10H2,1-2H3. The number of hydrogen-bond donors (Lipinski definition) is 0. The Bertz CT molecular complexity index is 501. The molecule has 1 atom stereocenters. The highest BCUT2D eigenvalue weighted by Gasteiger charge is 2.28. The first-order valence-corrected chi connectivity index (χ1v) is 7.67. The Balaban J connectivity index is 2.64. The monoisotopic (exact) mass is 313 g/mol.